The van der Waals surface area contributed by atoms with Crippen LogP contribution in [0.1, 0.15) is 12.5 Å². The van der Waals surface area contributed by atoms with Gasteiger partial charge in [-0.2, -0.15) is 13.2 Å². The molecule has 5 nitrogen and oxygen atoms in total. The van der Waals surface area contributed by atoms with Gasteiger partial charge >= 0.3 is 6.18 Å². The van der Waals surface area contributed by atoms with Crippen molar-refractivity contribution >= 4 is 5.96 Å². The van der Waals surface area contributed by atoms with Crippen LogP contribution in [0.25, 0.3) is 0 Å². The van der Waals surface area contributed by atoms with Crippen molar-refractivity contribution in [3.05, 3.63) is 23.9 Å². The van der Waals surface area contributed by atoms with E-state index in [1.165, 1.54) is 12.3 Å². The first kappa shape index (κ1) is 14.4. The van der Waals surface area contributed by atoms with E-state index in [-0.39, 0.29) is 5.88 Å². The summed E-state index contributed by atoms with van der Waals surface area (Å²) < 4.78 is 40.7. The number of alkyl halides is 3. The molecule has 20 heavy (non-hydrogen) atoms. The van der Waals surface area contributed by atoms with Crippen LogP contribution in [0.4, 0.5) is 13.2 Å². The van der Waals surface area contributed by atoms with Gasteiger partial charge in [0, 0.05) is 24.8 Å². The van der Waals surface area contributed by atoms with Crippen LogP contribution in [0.2, 0.25) is 0 Å². The first-order valence-corrected chi connectivity index (χ1v) is 6.12. The standard InChI is InChI=1S/C12H15F3N4O/c1-8-5-17-11(19-8)18-6-9-2-3-16-10(4-9)20-7-12(13,14)15/h2-4,8H,5-7H2,1H3,(H2,17,18,19). The SMILES string of the molecule is CC1CN=C(NCc2ccnc(OCC(F)(F)F)c2)N1. The van der Waals surface area contributed by atoms with E-state index >= 15 is 0 Å². The van der Waals surface area contributed by atoms with Gasteiger partial charge in [-0.15, -0.1) is 0 Å². The van der Waals surface area contributed by atoms with Gasteiger partial charge in [-0.05, 0) is 18.6 Å². The second kappa shape index (κ2) is 5.98. The lowest BCUT2D eigenvalue weighted by Gasteiger charge is -2.11. The molecule has 0 aromatic carbocycles. The molecule has 2 N–H and O–H groups in total. The number of hydrogen-bond acceptors (Lipinski definition) is 5. The molecular formula is C12H15F3N4O. The van der Waals surface area contributed by atoms with Crippen LogP contribution < -0.4 is 15.4 Å². The van der Waals surface area contributed by atoms with Crippen LogP contribution in [0.3, 0.4) is 0 Å². The fraction of sp³-hybridized carbons (Fsp3) is 0.500. The molecule has 0 saturated heterocycles. The zero-order valence-corrected chi connectivity index (χ0v) is 10.9. The van der Waals surface area contributed by atoms with Gasteiger partial charge in [-0.25, -0.2) is 4.98 Å². The van der Waals surface area contributed by atoms with Crippen LogP contribution in [-0.2, 0) is 6.54 Å². The maximum Gasteiger partial charge on any atom is 0.422 e. The number of halogens is 3. The Morgan fingerprint density at radius 1 is 1.50 bits per heavy atom. The van der Waals surface area contributed by atoms with Crippen LogP contribution >= 0.6 is 0 Å². The van der Waals surface area contributed by atoms with E-state index in [1.807, 2.05) is 6.92 Å². The van der Waals surface area contributed by atoms with Gasteiger partial charge in [0.25, 0.3) is 0 Å². The van der Waals surface area contributed by atoms with Gasteiger partial charge in [0.1, 0.15) is 0 Å². The number of guanidine groups is 1. The topological polar surface area (TPSA) is 58.5 Å². The van der Waals surface area contributed by atoms with E-state index in [0.29, 0.717) is 25.1 Å². The monoisotopic (exact) mass is 288 g/mol. The number of pyridine rings is 1. The minimum Gasteiger partial charge on any atom is -0.468 e. The molecule has 1 aliphatic heterocycles. The Morgan fingerprint density at radius 3 is 2.95 bits per heavy atom. The number of aliphatic imine (C=N–C) groups is 1. The Morgan fingerprint density at radius 2 is 2.30 bits per heavy atom. The molecule has 110 valence electrons. The summed E-state index contributed by atoms with van der Waals surface area (Å²) in [5.74, 6) is 0.642. The summed E-state index contributed by atoms with van der Waals surface area (Å²) in [7, 11) is 0. The lowest BCUT2D eigenvalue weighted by atomic mass is 10.2. The number of ether oxygens (including phenoxy) is 1. The Balaban J connectivity index is 1.86. The summed E-state index contributed by atoms with van der Waals surface area (Å²) in [5.41, 5.74) is 0.765. The highest BCUT2D eigenvalue weighted by molar-refractivity contribution is 5.81. The minimum atomic E-state index is -4.37. The molecule has 0 radical (unpaired) electrons. The summed E-state index contributed by atoms with van der Waals surface area (Å²) in [5, 5.41) is 6.19. The normalized spacial score (nSPS) is 18.4. The van der Waals surface area contributed by atoms with Gasteiger partial charge in [-0.1, -0.05) is 0 Å². The maximum atomic E-state index is 12.0. The van der Waals surface area contributed by atoms with Crippen LogP contribution in [0.15, 0.2) is 23.3 Å². The van der Waals surface area contributed by atoms with Gasteiger partial charge < -0.3 is 15.4 Å². The fourth-order valence-electron chi connectivity index (χ4n) is 1.64. The summed E-state index contributed by atoms with van der Waals surface area (Å²) in [4.78, 5) is 7.96. The third kappa shape index (κ3) is 4.60. The van der Waals surface area contributed by atoms with E-state index in [0.717, 1.165) is 5.56 Å². The summed E-state index contributed by atoms with van der Waals surface area (Å²) in [6.45, 7) is 1.80. The van der Waals surface area contributed by atoms with Crippen molar-refractivity contribution in [3.63, 3.8) is 0 Å². The number of rotatable bonds is 4. The molecule has 1 aromatic rings. The maximum absolute atomic E-state index is 12.0. The zero-order valence-electron chi connectivity index (χ0n) is 10.9. The Kier molecular flexibility index (Phi) is 4.31. The predicted octanol–water partition coefficient (Wildman–Crippen LogP) is 1.46. The molecule has 1 unspecified atom stereocenters. The summed E-state index contributed by atoms with van der Waals surface area (Å²) in [6, 6.07) is 3.46. The zero-order chi connectivity index (χ0) is 14.6. The average Bonchev–Trinajstić information content (AvgIpc) is 2.80. The quantitative estimate of drug-likeness (QED) is 0.880. The van der Waals surface area contributed by atoms with Crippen molar-refractivity contribution < 1.29 is 17.9 Å². The predicted molar refractivity (Wildman–Crippen MR) is 67.5 cm³/mol. The molecular weight excluding hydrogens is 273 g/mol. The van der Waals surface area contributed by atoms with E-state index in [1.54, 1.807) is 6.07 Å². The van der Waals surface area contributed by atoms with Crippen molar-refractivity contribution in [1.29, 1.82) is 0 Å². The second-order valence-corrected chi connectivity index (χ2v) is 4.49. The first-order valence-electron chi connectivity index (χ1n) is 6.12. The molecule has 0 fully saturated rings. The molecule has 0 aliphatic carbocycles. The lowest BCUT2D eigenvalue weighted by molar-refractivity contribution is -0.154. The summed E-state index contributed by atoms with van der Waals surface area (Å²) in [6.07, 6.45) is -2.95. The molecule has 1 aromatic heterocycles. The highest BCUT2D eigenvalue weighted by Crippen LogP contribution is 2.17. The molecule has 0 bridgehead atoms. The van der Waals surface area contributed by atoms with Crippen molar-refractivity contribution in [2.24, 2.45) is 4.99 Å². The first-order chi connectivity index (χ1) is 9.42. The summed E-state index contributed by atoms with van der Waals surface area (Å²) >= 11 is 0. The Hall–Kier alpha value is -1.99. The van der Waals surface area contributed by atoms with E-state index in [2.05, 4.69) is 25.3 Å². The number of nitrogens with one attached hydrogen (secondary N) is 2. The molecule has 0 amide bonds. The Labute approximate surface area is 114 Å². The Bertz CT molecular complexity index is 490. The molecule has 1 aliphatic rings. The average molecular weight is 288 g/mol. The van der Waals surface area contributed by atoms with E-state index in [4.69, 9.17) is 0 Å². The third-order valence-electron chi connectivity index (χ3n) is 2.55. The van der Waals surface area contributed by atoms with E-state index in [9.17, 15) is 13.2 Å². The highest BCUT2D eigenvalue weighted by atomic mass is 19.4. The lowest BCUT2D eigenvalue weighted by Crippen LogP contribution is -2.37. The van der Waals surface area contributed by atoms with Crippen LogP contribution in [0, 0.1) is 0 Å². The molecule has 2 rings (SSSR count). The molecule has 2 heterocycles. The van der Waals surface area contributed by atoms with E-state index < -0.39 is 12.8 Å². The van der Waals surface area contributed by atoms with Gasteiger partial charge in [-0.3, -0.25) is 4.99 Å². The third-order valence-corrected chi connectivity index (χ3v) is 2.55. The number of hydrogen-bond donors (Lipinski definition) is 2. The van der Waals surface area contributed by atoms with Crippen LogP contribution in [0.5, 0.6) is 5.88 Å². The number of aromatic nitrogens is 1. The molecule has 0 saturated carbocycles. The largest absolute Gasteiger partial charge is 0.468 e. The van der Waals surface area contributed by atoms with Gasteiger partial charge in [0.2, 0.25) is 5.88 Å². The van der Waals surface area contributed by atoms with Crippen molar-refractivity contribution in [3.8, 4) is 5.88 Å². The fourth-order valence-corrected chi connectivity index (χ4v) is 1.64. The molecule has 0 spiro atoms. The van der Waals surface area contributed by atoms with Crippen molar-refractivity contribution in [2.75, 3.05) is 13.2 Å². The van der Waals surface area contributed by atoms with Crippen molar-refractivity contribution in [1.82, 2.24) is 15.6 Å². The van der Waals surface area contributed by atoms with Crippen molar-refractivity contribution in [2.45, 2.75) is 25.7 Å². The molecule has 8 heteroatoms. The highest BCUT2D eigenvalue weighted by Gasteiger charge is 2.28. The second-order valence-electron chi connectivity index (χ2n) is 4.49. The number of nitrogens with zero attached hydrogens (tertiary/aromatic N) is 2. The van der Waals surface area contributed by atoms with Crippen LogP contribution in [-0.4, -0.2) is 36.3 Å². The smallest absolute Gasteiger partial charge is 0.422 e. The minimum absolute atomic E-state index is 0.0451. The van der Waals surface area contributed by atoms with Gasteiger partial charge in [0.15, 0.2) is 12.6 Å². The molecule has 1 atom stereocenters. The van der Waals surface area contributed by atoms with Gasteiger partial charge in [0.05, 0.1) is 6.54 Å².